The Morgan fingerprint density at radius 2 is 2.14 bits per heavy atom. The summed E-state index contributed by atoms with van der Waals surface area (Å²) in [4.78, 5) is 20.5. The first-order valence-corrected chi connectivity index (χ1v) is 4.44. The Bertz CT molecular complexity index is 206. The van der Waals surface area contributed by atoms with Gasteiger partial charge in [0.2, 0.25) is 0 Å². The summed E-state index contributed by atoms with van der Waals surface area (Å²) in [7, 11) is 0. The Morgan fingerprint density at radius 1 is 1.43 bits per heavy atom. The molecule has 0 unspecified atom stereocenters. The first-order valence-electron chi connectivity index (χ1n) is 4.44. The van der Waals surface area contributed by atoms with Gasteiger partial charge >= 0.3 is 11.9 Å². The normalized spacial score (nSPS) is 31.8. The van der Waals surface area contributed by atoms with E-state index in [4.69, 9.17) is 14.4 Å². The van der Waals surface area contributed by atoms with Crippen molar-refractivity contribution in [2.45, 2.75) is 33.0 Å². The molecule has 6 nitrogen and oxygen atoms in total. The highest BCUT2D eigenvalue weighted by molar-refractivity contribution is 5.73. The second-order valence-electron chi connectivity index (χ2n) is 2.68. The standard InChI is InChI=1S/C8H14O6/c1-4-10-6(9)7-12-8(3,11-5-2)14-13-7/h7H,4-5H2,1-3H3/t7-,8-/m1/s1. The summed E-state index contributed by atoms with van der Waals surface area (Å²) in [6, 6.07) is 0. The van der Waals surface area contributed by atoms with E-state index in [-0.39, 0.29) is 6.61 Å². The van der Waals surface area contributed by atoms with Crippen molar-refractivity contribution in [1.29, 1.82) is 0 Å². The third-order valence-corrected chi connectivity index (χ3v) is 1.49. The summed E-state index contributed by atoms with van der Waals surface area (Å²) in [5.41, 5.74) is 0. The molecule has 0 bridgehead atoms. The highest BCUT2D eigenvalue weighted by Crippen LogP contribution is 2.26. The molecule has 0 radical (unpaired) electrons. The van der Waals surface area contributed by atoms with E-state index in [0.717, 1.165) is 0 Å². The van der Waals surface area contributed by atoms with Gasteiger partial charge in [0.25, 0.3) is 6.29 Å². The number of carbonyl (C=O) groups is 1. The number of rotatable bonds is 4. The average Bonchev–Trinajstić information content (AvgIpc) is 2.49. The predicted molar refractivity (Wildman–Crippen MR) is 43.7 cm³/mol. The Balaban J connectivity index is 2.43. The molecule has 6 heteroatoms. The van der Waals surface area contributed by atoms with Crippen molar-refractivity contribution in [1.82, 2.24) is 0 Å². The van der Waals surface area contributed by atoms with E-state index < -0.39 is 18.2 Å². The van der Waals surface area contributed by atoms with Gasteiger partial charge in [0.15, 0.2) is 0 Å². The van der Waals surface area contributed by atoms with Crippen LogP contribution in [-0.2, 0) is 28.8 Å². The zero-order chi connectivity index (χ0) is 10.6. The fraction of sp³-hybridized carbons (Fsp3) is 0.875. The largest absolute Gasteiger partial charge is 0.462 e. The van der Waals surface area contributed by atoms with Crippen molar-refractivity contribution in [2.75, 3.05) is 13.2 Å². The van der Waals surface area contributed by atoms with Gasteiger partial charge in [-0.15, -0.1) is 0 Å². The second-order valence-corrected chi connectivity index (χ2v) is 2.68. The molecule has 0 aliphatic carbocycles. The van der Waals surface area contributed by atoms with Crippen LogP contribution in [0.3, 0.4) is 0 Å². The summed E-state index contributed by atoms with van der Waals surface area (Å²) < 4.78 is 14.8. The van der Waals surface area contributed by atoms with Gasteiger partial charge in [0.05, 0.1) is 6.61 Å². The van der Waals surface area contributed by atoms with E-state index in [1.807, 2.05) is 0 Å². The summed E-state index contributed by atoms with van der Waals surface area (Å²) in [5.74, 6) is -1.96. The summed E-state index contributed by atoms with van der Waals surface area (Å²) in [6.07, 6.45) is -1.17. The highest BCUT2D eigenvalue weighted by atomic mass is 17.3. The first kappa shape index (κ1) is 11.4. The van der Waals surface area contributed by atoms with Gasteiger partial charge in [0, 0.05) is 13.5 Å². The minimum atomic E-state index is -1.33. The zero-order valence-electron chi connectivity index (χ0n) is 8.44. The van der Waals surface area contributed by atoms with Crippen LogP contribution in [0.25, 0.3) is 0 Å². The Kier molecular flexibility index (Phi) is 3.82. The van der Waals surface area contributed by atoms with Crippen LogP contribution in [0.4, 0.5) is 0 Å². The molecule has 0 N–H and O–H groups in total. The number of hydrogen-bond acceptors (Lipinski definition) is 6. The fourth-order valence-corrected chi connectivity index (χ4v) is 0.983. The fourth-order valence-electron chi connectivity index (χ4n) is 0.983. The molecule has 1 rings (SSSR count). The number of esters is 1. The molecule has 1 saturated heterocycles. The summed E-state index contributed by atoms with van der Waals surface area (Å²) >= 11 is 0. The smallest absolute Gasteiger partial charge is 0.366 e. The lowest BCUT2D eigenvalue weighted by molar-refractivity contribution is -0.405. The summed E-state index contributed by atoms with van der Waals surface area (Å²) in [5, 5.41) is 0. The lowest BCUT2D eigenvalue weighted by atomic mass is 10.6. The number of carbonyl (C=O) groups excluding carboxylic acids is 1. The molecule has 1 aliphatic rings. The second kappa shape index (κ2) is 4.70. The molecule has 0 amide bonds. The van der Waals surface area contributed by atoms with Crippen LogP contribution < -0.4 is 0 Å². The zero-order valence-corrected chi connectivity index (χ0v) is 8.44. The van der Waals surface area contributed by atoms with Crippen molar-refractivity contribution in [3.8, 4) is 0 Å². The quantitative estimate of drug-likeness (QED) is 0.494. The van der Waals surface area contributed by atoms with Crippen LogP contribution in [0.5, 0.6) is 0 Å². The minimum Gasteiger partial charge on any atom is -0.462 e. The van der Waals surface area contributed by atoms with Crippen molar-refractivity contribution >= 4 is 5.97 Å². The van der Waals surface area contributed by atoms with Crippen molar-refractivity contribution < 1.29 is 28.8 Å². The maximum Gasteiger partial charge on any atom is 0.366 e. The molecule has 0 aromatic carbocycles. The van der Waals surface area contributed by atoms with E-state index in [9.17, 15) is 4.79 Å². The Labute approximate surface area is 81.9 Å². The SMILES string of the molecule is CCOC(=O)[C@H]1OO[C@](C)(OCC)O1. The van der Waals surface area contributed by atoms with Crippen LogP contribution in [-0.4, -0.2) is 31.4 Å². The van der Waals surface area contributed by atoms with Crippen molar-refractivity contribution in [2.24, 2.45) is 0 Å². The van der Waals surface area contributed by atoms with Gasteiger partial charge in [-0.1, -0.05) is 0 Å². The van der Waals surface area contributed by atoms with Crippen LogP contribution in [0.2, 0.25) is 0 Å². The van der Waals surface area contributed by atoms with Crippen LogP contribution in [0.1, 0.15) is 20.8 Å². The molecular weight excluding hydrogens is 192 g/mol. The molecule has 1 fully saturated rings. The molecule has 0 aromatic rings. The molecule has 0 spiro atoms. The van der Waals surface area contributed by atoms with Gasteiger partial charge in [-0.2, -0.15) is 9.78 Å². The van der Waals surface area contributed by atoms with Crippen LogP contribution in [0.15, 0.2) is 0 Å². The Hall–Kier alpha value is -0.690. The van der Waals surface area contributed by atoms with E-state index in [1.165, 1.54) is 6.92 Å². The molecular formula is C8H14O6. The molecule has 2 atom stereocenters. The summed E-state index contributed by atoms with van der Waals surface area (Å²) in [6.45, 7) is 5.61. The maximum absolute atomic E-state index is 11.1. The molecule has 1 heterocycles. The molecule has 0 saturated carbocycles. The lowest BCUT2D eigenvalue weighted by Gasteiger charge is -2.18. The van der Waals surface area contributed by atoms with Crippen LogP contribution in [0, 0.1) is 0 Å². The third kappa shape index (κ3) is 2.65. The molecule has 1 aliphatic heterocycles. The number of ether oxygens (including phenoxy) is 3. The lowest BCUT2D eigenvalue weighted by Crippen LogP contribution is -2.33. The molecule has 0 aromatic heterocycles. The number of hydrogen-bond donors (Lipinski definition) is 0. The molecule has 82 valence electrons. The van der Waals surface area contributed by atoms with Crippen LogP contribution >= 0.6 is 0 Å². The van der Waals surface area contributed by atoms with Gasteiger partial charge in [0.1, 0.15) is 0 Å². The van der Waals surface area contributed by atoms with Gasteiger partial charge in [-0.25, -0.2) is 4.79 Å². The first-order chi connectivity index (χ1) is 6.61. The van der Waals surface area contributed by atoms with E-state index in [1.54, 1.807) is 13.8 Å². The third-order valence-electron chi connectivity index (χ3n) is 1.49. The van der Waals surface area contributed by atoms with Gasteiger partial charge < -0.3 is 9.47 Å². The van der Waals surface area contributed by atoms with Crippen molar-refractivity contribution in [3.05, 3.63) is 0 Å². The van der Waals surface area contributed by atoms with E-state index in [0.29, 0.717) is 6.61 Å². The minimum absolute atomic E-state index is 0.257. The van der Waals surface area contributed by atoms with E-state index in [2.05, 4.69) is 9.62 Å². The van der Waals surface area contributed by atoms with Crippen molar-refractivity contribution in [3.63, 3.8) is 0 Å². The van der Waals surface area contributed by atoms with Gasteiger partial charge in [-0.3, -0.25) is 4.74 Å². The monoisotopic (exact) mass is 206 g/mol. The topological polar surface area (TPSA) is 63.2 Å². The highest BCUT2D eigenvalue weighted by Gasteiger charge is 2.44. The van der Waals surface area contributed by atoms with E-state index >= 15 is 0 Å². The van der Waals surface area contributed by atoms with Gasteiger partial charge in [-0.05, 0) is 13.8 Å². The average molecular weight is 206 g/mol. The maximum atomic E-state index is 11.1. The predicted octanol–water partition coefficient (Wildman–Crippen LogP) is 0.564. The molecule has 14 heavy (non-hydrogen) atoms. The Morgan fingerprint density at radius 3 is 2.71 bits per heavy atom.